The van der Waals surface area contributed by atoms with Gasteiger partial charge in [0.1, 0.15) is 29.7 Å². The van der Waals surface area contributed by atoms with Crippen LogP contribution in [0.4, 0.5) is 19.4 Å². The molecule has 13 heteroatoms. The van der Waals surface area contributed by atoms with Gasteiger partial charge in [-0.15, -0.1) is 0 Å². The Bertz CT molecular complexity index is 1420. The number of nitrogens with zero attached hydrogens (tertiary/aromatic N) is 6. The van der Waals surface area contributed by atoms with Gasteiger partial charge in [0.15, 0.2) is 11.0 Å². The molecule has 0 spiro atoms. The number of amides is 1. The largest absolute Gasteiger partial charge is 0.461 e. The van der Waals surface area contributed by atoms with E-state index in [1.54, 1.807) is 0 Å². The monoisotopic (exact) mass is 620 g/mol. The third kappa shape index (κ3) is 4.97. The van der Waals surface area contributed by atoms with E-state index in [0.717, 1.165) is 45.1 Å². The first-order valence-corrected chi connectivity index (χ1v) is 15.8. The van der Waals surface area contributed by atoms with Gasteiger partial charge < -0.3 is 19.1 Å². The molecule has 2 bridgehead atoms. The van der Waals surface area contributed by atoms with Gasteiger partial charge in [-0.25, -0.2) is 18.6 Å². The Labute approximate surface area is 255 Å². The maximum absolute atomic E-state index is 15.4. The summed E-state index contributed by atoms with van der Waals surface area (Å²) in [5.41, 5.74) is -1.67. The number of hydrogen-bond acceptors (Lipinski definition) is 9. The molecule has 1 amide bonds. The Hall–Kier alpha value is -2.57. The van der Waals surface area contributed by atoms with Crippen molar-refractivity contribution in [1.82, 2.24) is 24.8 Å². The fourth-order valence-corrected chi connectivity index (χ4v) is 8.32. The summed E-state index contributed by atoms with van der Waals surface area (Å²) in [6, 6.07) is -0.140. The Balaban J connectivity index is 1.25. The average molecular weight is 621 g/mol. The molecule has 5 aliphatic heterocycles. The molecule has 0 saturated carbocycles. The lowest BCUT2D eigenvalue weighted by Gasteiger charge is -2.51. The molecular formula is C30H39ClF2N6O4. The highest BCUT2D eigenvalue weighted by atomic mass is 35.5. The van der Waals surface area contributed by atoms with Crippen LogP contribution in [0.5, 0.6) is 6.01 Å². The predicted molar refractivity (Wildman–Crippen MR) is 156 cm³/mol. The summed E-state index contributed by atoms with van der Waals surface area (Å²) in [4.78, 5) is 33.1. The number of anilines is 1. The number of piperazine rings is 1. The van der Waals surface area contributed by atoms with Crippen molar-refractivity contribution in [2.75, 3.05) is 44.3 Å². The van der Waals surface area contributed by atoms with Crippen LogP contribution in [0.2, 0.25) is 5.15 Å². The molecule has 5 saturated heterocycles. The second-order valence-electron chi connectivity index (χ2n) is 13.8. The van der Waals surface area contributed by atoms with E-state index in [1.165, 1.54) is 6.20 Å². The van der Waals surface area contributed by atoms with Gasteiger partial charge in [-0.05, 0) is 65.8 Å². The number of fused-ring (bicyclic) bond motifs is 4. The third-order valence-electron chi connectivity index (χ3n) is 9.90. The summed E-state index contributed by atoms with van der Waals surface area (Å²) in [6.45, 7) is 8.57. The van der Waals surface area contributed by atoms with E-state index in [9.17, 15) is 9.18 Å². The molecule has 234 valence electrons. The van der Waals surface area contributed by atoms with Gasteiger partial charge in [-0.2, -0.15) is 9.97 Å². The molecule has 3 unspecified atom stereocenters. The number of ether oxygens (including phenoxy) is 3. The highest BCUT2D eigenvalue weighted by Crippen LogP contribution is 2.47. The first-order valence-electron chi connectivity index (χ1n) is 15.4. The summed E-state index contributed by atoms with van der Waals surface area (Å²) in [5.74, 6) is -0.279. The molecule has 7 heterocycles. The second-order valence-corrected chi connectivity index (χ2v) is 14.2. The number of aromatic nitrogens is 3. The van der Waals surface area contributed by atoms with Crippen molar-refractivity contribution < 1.29 is 27.8 Å². The van der Waals surface area contributed by atoms with Gasteiger partial charge in [-0.1, -0.05) is 11.6 Å². The van der Waals surface area contributed by atoms with Gasteiger partial charge in [0, 0.05) is 38.9 Å². The van der Waals surface area contributed by atoms with Crippen molar-refractivity contribution in [3.63, 3.8) is 0 Å². The van der Waals surface area contributed by atoms with Crippen molar-refractivity contribution in [2.45, 2.75) is 101 Å². The molecule has 7 rings (SSSR count). The SMILES string of the molecule is CC(C)(C)OC(=O)N1C2CCC1(C1CCCO1)CN(c1nc(OC[C@@]34CCCN3C[C@H](F)C4)nc3c(F)c(Cl)ncc13)C2. The Morgan fingerprint density at radius 1 is 1.21 bits per heavy atom. The minimum Gasteiger partial charge on any atom is -0.461 e. The molecule has 10 nitrogen and oxygen atoms in total. The normalized spacial score (nSPS) is 32.6. The first kappa shape index (κ1) is 29.2. The molecule has 0 aliphatic carbocycles. The summed E-state index contributed by atoms with van der Waals surface area (Å²) in [7, 11) is 0. The maximum Gasteiger partial charge on any atom is 0.411 e. The Morgan fingerprint density at radius 2 is 2.05 bits per heavy atom. The van der Waals surface area contributed by atoms with Gasteiger partial charge in [0.2, 0.25) is 0 Å². The van der Waals surface area contributed by atoms with Crippen molar-refractivity contribution >= 4 is 34.4 Å². The molecule has 2 aromatic heterocycles. The number of hydrogen-bond donors (Lipinski definition) is 0. The van der Waals surface area contributed by atoms with Crippen LogP contribution in [0, 0.1) is 5.82 Å². The minimum atomic E-state index is -0.898. The third-order valence-corrected chi connectivity index (χ3v) is 10.2. The lowest BCUT2D eigenvalue weighted by atomic mass is 9.86. The number of rotatable bonds is 5. The number of alkyl halides is 1. The van der Waals surface area contributed by atoms with Crippen molar-refractivity contribution in [3.8, 4) is 6.01 Å². The minimum absolute atomic E-state index is 0.0142. The van der Waals surface area contributed by atoms with Crippen molar-refractivity contribution in [3.05, 3.63) is 17.2 Å². The molecule has 5 fully saturated rings. The van der Waals surface area contributed by atoms with Crippen LogP contribution in [-0.4, -0.2) is 105 Å². The van der Waals surface area contributed by atoms with E-state index in [-0.39, 0.29) is 41.5 Å². The molecule has 5 atom stereocenters. The lowest BCUT2D eigenvalue weighted by Crippen LogP contribution is -2.68. The molecular weight excluding hydrogens is 582 g/mol. The Kier molecular flexibility index (Phi) is 7.13. The van der Waals surface area contributed by atoms with Crippen LogP contribution in [-0.2, 0) is 9.47 Å². The number of carbonyl (C=O) groups is 1. The molecule has 0 aromatic carbocycles. The highest BCUT2D eigenvalue weighted by molar-refractivity contribution is 6.30. The van der Waals surface area contributed by atoms with Gasteiger partial charge in [0.05, 0.1) is 28.6 Å². The molecule has 0 N–H and O–H groups in total. The fraction of sp³-hybridized carbons (Fsp3) is 0.733. The van der Waals surface area contributed by atoms with Crippen molar-refractivity contribution in [1.29, 1.82) is 0 Å². The topological polar surface area (TPSA) is 93.1 Å². The predicted octanol–water partition coefficient (Wildman–Crippen LogP) is 4.91. The molecule has 5 aliphatic rings. The van der Waals surface area contributed by atoms with E-state index < -0.39 is 28.7 Å². The second kappa shape index (κ2) is 10.5. The summed E-state index contributed by atoms with van der Waals surface area (Å²) in [6.07, 6.45) is 5.57. The van der Waals surface area contributed by atoms with Crippen LogP contribution in [0.25, 0.3) is 10.9 Å². The van der Waals surface area contributed by atoms with Crippen LogP contribution < -0.4 is 9.64 Å². The Morgan fingerprint density at radius 3 is 2.81 bits per heavy atom. The van der Waals surface area contributed by atoms with E-state index in [0.29, 0.717) is 43.9 Å². The van der Waals surface area contributed by atoms with Crippen LogP contribution in [0.3, 0.4) is 0 Å². The fourth-order valence-electron chi connectivity index (χ4n) is 8.18. The van der Waals surface area contributed by atoms with Crippen LogP contribution >= 0.6 is 11.6 Å². The molecule has 0 radical (unpaired) electrons. The van der Waals surface area contributed by atoms with Gasteiger partial charge >= 0.3 is 12.1 Å². The zero-order valence-corrected chi connectivity index (χ0v) is 25.7. The lowest BCUT2D eigenvalue weighted by molar-refractivity contribution is -0.0556. The van der Waals surface area contributed by atoms with E-state index in [4.69, 9.17) is 30.8 Å². The zero-order chi connectivity index (χ0) is 30.1. The molecule has 43 heavy (non-hydrogen) atoms. The van der Waals surface area contributed by atoms with E-state index in [1.807, 2.05) is 25.7 Å². The van der Waals surface area contributed by atoms with Gasteiger partial charge in [-0.3, -0.25) is 9.80 Å². The number of pyridine rings is 1. The summed E-state index contributed by atoms with van der Waals surface area (Å²) >= 11 is 6.09. The summed E-state index contributed by atoms with van der Waals surface area (Å²) < 4.78 is 48.1. The zero-order valence-electron chi connectivity index (χ0n) is 25.0. The number of halogens is 3. The summed E-state index contributed by atoms with van der Waals surface area (Å²) in [5, 5.41) is 0.123. The molecule has 2 aromatic rings. The standard InChI is InChI=1S/C30H39ClF2N6O4/c1-28(2,3)43-27(40)39-19-7-9-30(39,21-6-4-11-41-21)16-37(15-19)25-20-13-34-24(31)22(33)23(20)35-26(36-25)42-17-29-8-5-10-38(29)14-18(32)12-29/h13,18-19,21H,4-12,14-17H2,1-3H3/t18-,19?,21?,29+,30?/m1/s1. The van der Waals surface area contributed by atoms with Gasteiger partial charge in [0.25, 0.3) is 0 Å². The van der Waals surface area contributed by atoms with E-state index in [2.05, 4.69) is 19.8 Å². The van der Waals surface area contributed by atoms with Crippen molar-refractivity contribution in [2.24, 2.45) is 0 Å². The quantitative estimate of drug-likeness (QED) is 0.432. The first-order chi connectivity index (χ1) is 20.5. The highest BCUT2D eigenvalue weighted by Gasteiger charge is 2.60. The van der Waals surface area contributed by atoms with E-state index >= 15 is 4.39 Å². The average Bonchev–Trinajstić information content (AvgIpc) is 3.71. The van der Waals surface area contributed by atoms with Crippen LogP contribution in [0.15, 0.2) is 6.20 Å². The number of carbonyl (C=O) groups excluding carboxylic acids is 1. The van der Waals surface area contributed by atoms with Crippen LogP contribution in [0.1, 0.15) is 65.7 Å². The smallest absolute Gasteiger partial charge is 0.411 e. The maximum atomic E-state index is 15.4.